The van der Waals surface area contributed by atoms with E-state index in [1.807, 2.05) is 26.2 Å². The quantitative estimate of drug-likeness (QED) is 0.668. The highest BCUT2D eigenvalue weighted by Gasteiger charge is 2.17. The van der Waals surface area contributed by atoms with Crippen LogP contribution in [-0.4, -0.2) is 20.3 Å². The van der Waals surface area contributed by atoms with Crippen molar-refractivity contribution in [2.75, 3.05) is 20.3 Å². The number of allylic oxidation sites excluding steroid dienone is 3. The summed E-state index contributed by atoms with van der Waals surface area (Å²) in [5.41, 5.74) is 1.35. The lowest BCUT2D eigenvalue weighted by Gasteiger charge is -2.01. The third-order valence-corrected chi connectivity index (χ3v) is 2.04. The SMILES string of the molecule is C/C=C\C1COC/C1=C/C=C/NC. The van der Waals surface area contributed by atoms with Crippen LogP contribution < -0.4 is 5.32 Å². The topological polar surface area (TPSA) is 21.3 Å². The molecule has 0 saturated carbocycles. The third kappa shape index (κ3) is 3.07. The molecule has 1 aliphatic rings. The van der Waals surface area contributed by atoms with Gasteiger partial charge >= 0.3 is 0 Å². The van der Waals surface area contributed by atoms with Crippen LogP contribution in [0.5, 0.6) is 0 Å². The zero-order chi connectivity index (χ0) is 9.52. The second-order valence-corrected chi connectivity index (χ2v) is 3.04. The Morgan fingerprint density at radius 1 is 1.54 bits per heavy atom. The molecule has 1 heterocycles. The minimum absolute atomic E-state index is 0.478. The average molecular weight is 179 g/mol. The molecule has 1 rings (SSSR count). The number of nitrogens with one attached hydrogen (secondary N) is 1. The summed E-state index contributed by atoms with van der Waals surface area (Å²) < 4.78 is 5.38. The average Bonchev–Trinajstić information content (AvgIpc) is 2.54. The predicted molar refractivity (Wildman–Crippen MR) is 55.4 cm³/mol. The summed E-state index contributed by atoms with van der Waals surface area (Å²) in [5.74, 6) is 0.478. The Hall–Kier alpha value is -1.02. The molecule has 0 radical (unpaired) electrons. The van der Waals surface area contributed by atoms with E-state index in [1.165, 1.54) is 5.57 Å². The summed E-state index contributed by atoms with van der Waals surface area (Å²) in [7, 11) is 1.89. The molecule has 0 amide bonds. The minimum Gasteiger partial charge on any atom is -0.394 e. The molecule has 1 N–H and O–H groups in total. The van der Waals surface area contributed by atoms with E-state index < -0.39 is 0 Å². The number of hydrogen-bond donors (Lipinski definition) is 1. The van der Waals surface area contributed by atoms with E-state index in [1.54, 1.807) is 0 Å². The molecule has 2 heteroatoms. The Kier molecular flexibility index (Phi) is 4.33. The van der Waals surface area contributed by atoms with Crippen molar-refractivity contribution < 1.29 is 4.74 Å². The molecule has 2 nitrogen and oxygen atoms in total. The van der Waals surface area contributed by atoms with Crippen molar-refractivity contribution in [1.82, 2.24) is 5.32 Å². The largest absolute Gasteiger partial charge is 0.394 e. The molecule has 1 aliphatic heterocycles. The maximum absolute atomic E-state index is 5.38. The molecule has 0 spiro atoms. The van der Waals surface area contributed by atoms with Gasteiger partial charge in [0.2, 0.25) is 0 Å². The van der Waals surface area contributed by atoms with E-state index in [2.05, 4.69) is 23.5 Å². The molecular formula is C11H17NO. The second kappa shape index (κ2) is 5.60. The molecule has 0 aliphatic carbocycles. The zero-order valence-electron chi connectivity index (χ0n) is 8.29. The highest BCUT2D eigenvalue weighted by atomic mass is 16.5. The lowest BCUT2D eigenvalue weighted by Crippen LogP contribution is -1.97. The van der Waals surface area contributed by atoms with Gasteiger partial charge in [-0.15, -0.1) is 0 Å². The van der Waals surface area contributed by atoms with Crippen molar-refractivity contribution in [1.29, 1.82) is 0 Å². The molecular weight excluding hydrogens is 162 g/mol. The first kappa shape index (κ1) is 10.1. The van der Waals surface area contributed by atoms with Crippen molar-refractivity contribution in [3.05, 3.63) is 36.1 Å². The summed E-state index contributed by atoms with van der Waals surface area (Å²) in [6, 6.07) is 0. The van der Waals surface area contributed by atoms with Gasteiger partial charge in [0.1, 0.15) is 0 Å². The van der Waals surface area contributed by atoms with Crippen molar-refractivity contribution in [2.24, 2.45) is 5.92 Å². The van der Waals surface area contributed by atoms with Crippen molar-refractivity contribution in [2.45, 2.75) is 6.92 Å². The van der Waals surface area contributed by atoms with Gasteiger partial charge in [-0.1, -0.05) is 18.2 Å². The fourth-order valence-corrected chi connectivity index (χ4v) is 1.37. The van der Waals surface area contributed by atoms with Gasteiger partial charge in [-0.2, -0.15) is 0 Å². The standard InChI is InChI=1S/C11H17NO/c1-3-5-10-8-13-9-11(10)6-4-7-12-2/h3-7,10,12H,8-9H2,1-2H3/b5-3-,7-4+,11-6-. The van der Waals surface area contributed by atoms with Gasteiger partial charge in [0.05, 0.1) is 13.2 Å². The molecule has 13 heavy (non-hydrogen) atoms. The number of ether oxygens (including phenoxy) is 1. The van der Waals surface area contributed by atoms with Gasteiger partial charge in [-0.25, -0.2) is 0 Å². The Labute approximate surface area is 80.0 Å². The number of rotatable bonds is 3. The Morgan fingerprint density at radius 3 is 3.08 bits per heavy atom. The van der Waals surface area contributed by atoms with Crippen LogP contribution in [0.15, 0.2) is 36.1 Å². The molecule has 1 fully saturated rings. The second-order valence-electron chi connectivity index (χ2n) is 3.04. The molecule has 1 saturated heterocycles. The van der Waals surface area contributed by atoms with Gasteiger partial charge in [0, 0.05) is 13.0 Å². The van der Waals surface area contributed by atoms with Gasteiger partial charge < -0.3 is 10.1 Å². The lowest BCUT2D eigenvalue weighted by molar-refractivity contribution is 0.195. The third-order valence-electron chi connectivity index (χ3n) is 2.04. The van der Waals surface area contributed by atoms with Crippen molar-refractivity contribution in [3.63, 3.8) is 0 Å². The van der Waals surface area contributed by atoms with E-state index in [-0.39, 0.29) is 0 Å². The van der Waals surface area contributed by atoms with Crippen LogP contribution in [-0.2, 0) is 4.74 Å². The van der Waals surface area contributed by atoms with Gasteiger partial charge in [0.25, 0.3) is 0 Å². The molecule has 0 bridgehead atoms. The van der Waals surface area contributed by atoms with E-state index >= 15 is 0 Å². The van der Waals surface area contributed by atoms with Crippen LogP contribution >= 0.6 is 0 Å². The first-order valence-electron chi connectivity index (χ1n) is 4.62. The Bertz CT molecular complexity index is 228. The maximum atomic E-state index is 5.38. The van der Waals surface area contributed by atoms with E-state index in [9.17, 15) is 0 Å². The summed E-state index contributed by atoms with van der Waals surface area (Å²) in [4.78, 5) is 0. The summed E-state index contributed by atoms with van der Waals surface area (Å²) in [5, 5.41) is 2.95. The zero-order valence-corrected chi connectivity index (χ0v) is 8.29. The summed E-state index contributed by atoms with van der Waals surface area (Å²) in [6.07, 6.45) is 10.3. The molecule has 0 aromatic heterocycles. The van der Waals surface area contributed by atoms with Crippen molar-refractivity contribution in [3.8, 4) is 0 Å². The monoisotopic (exact) mass is 179 g/mol. The summed E-state index contributed by atoms with van der Waals surface area (Å²) >= 11 is 0. The lowest BCUT2D eigenvalue weighted by atomic mass is 10.0. The Balaban J connectivity index is 2.56. The molecule has 0 aromatic carbocycles. The smallest absolute Gasteiger partial charge is 0.0686 e. The van der Waals surface area contributed by atoms with Crippen molar-refractivity contribution >= 4 is 0 Å². The van der Waals surface area contributed by atoms with Crippen LogP contribution in [0, 0.1) is 5.92 Å². The van der Waals surface area contributed by atoms with Crippen LogP contribution in [0.2, 0.25) is 0 Å². The fourth-order valence-electron chi connectivity index (χ4n) is 1.37. The predicted octanol–water partition coefficient (Wildman–Crippen LogP) is 1.87. The first-order chi connectivity index (χ1) is 6.38. The Morgan fingerprint density at radius 2 is 2.38 bits per heavy atom. The maximum Gasteiger partial charge on any atom is 0.0686 e. The van der Waals surface area contributed by atoms with Gasteiger partial charge in [-0.05, 0) is 24.8 Å². The van der Waals surface area contributed by atoms with Crippen LogP contribution in [0.4, 0.5) is 0 Å². The van der Waals surface area contributed by atoms with Crippen LogP contribution in [0.1, 0.15) is 6.92 Å². The minimum atomic E-state index is 0.478. The van der Waals surface area contributed by atoms with E-state index in [0.29, 0.717) is 5.92 Å². The normalized spacial score (nSPS) is 26.6. The van der Waals surface area contributed by atoms with E-state index in [0.717, 1.165) is 13.2 Å². The molecule has 1 unspecified atom stereocenters. The molecule has 72 valence electrons. The highest BCUT2D eigenvalue weighted by molar-refractivity contribution is 5.22. The summed E-state index contributed by atoms with van der Waals surface area (Å²) in [6.45, 7) is 3.63. The first-order valence-corrected chi connectivity index (χ1v) is 4.62. The van der Waals surface area contributed by atoms with Crippen LogP contribution in [0.3, 0.4) is 0 Å². The van der Waals surface area contributed by atoms with Crippen LogP contribution in [0.25, 0.3) is 0 Å². The highest BCUT2D eigenvalue weighted by Crippen LogP contribution is 2.20. The van der Waals surface area contributed by atoms with E-state index in [4.69, 9.17) is 4.74 Å². The fraction of sp³-hybridized carbons (Fsp3) is 0.455. The molecule has 1 atom stereocenters. The molecule has 0 aromatic rings. The number of hydrogen-bond acceptors (Lipinski definition) is 2. The van der Waals surface area contributed by atoms with Gasteiger partial charge in [0.15, 0.2) is 0 Å². The van der Waals surface area contributed by atoms with Gasteiger partial charge in [-0.3, -0.25) is 0 Å².